The summed E-state index contributed by atoms with van der Waals surface area (Å²) in [6.07, 6.45) is 11.3. The molecule has 2 saturated carbocycles. The topological polar surface area (TPSA) is 194 Å². The van der Waals surface area contributed by atoms with Gasteiger partial charge in [-0.25, -0.2) is 19.0 Å². The second-order valence-corrected chi connectivity index (χ2v) is 18.3. The van der Waals surface area contributed by atoms with Gasteiger partial charge in [0, 0.05) is 60.6 Å². The monoisotopic (exact) mass is 940 g/mol. The number of aromatic nitrogens is 12. The lowest BCUT2D eigenvalue weighted by atomic mass is 10.1. The van der Waals surface area contributed by atoms with Gasteiger partial charge in [-0.3, -0.25) is 18.4 Å². The zero-order chi connectivity index (χ0) is 42.4. The second-order valence-electron chi connectivity index (χ2n) is 15.4. The van der Waals surface area contributed by atoms with Gasteiger partial charge < -0.3 is 20.9 Å². The van der Waals surface area contributed by atoms with E-state index in [1.807, 2.05) is 57.5 Å². The summed E-state index contributed by atoms with van der Waals surface area (Å²) in [6, 6.07) is 24.1. The summed E-state index contributed by atoms with van der Waals surface area (Å²) >= 11 is 6.30. The van der Waals surface area contributed by atoms with Crippen LogP contribution in [0.3, 0.4) is 0 Å². The molecule has 8 aromatic heterocycles. The molecule has 12 rings (SSSR count). The highest BCUT2D eigenvalue weighted by Crippen LogP contribution is 2.32. The minimum absolute atomic E-state index is 0.0298. The number of anilines is 3. The van der Waals surface area contributed by atoms with Crippen molar-refractivity contribution in [2.75, 3.05) is 41.7 Å². The van der Waals surface area contributed by atoms with E-state index >= 15 is 0 Å². The third kappa shape index (κ3) is 8.68. The first-order valence-electron chi connectivity index (χ1n) is 20.5. The number of fused-ring (bicyclic) bond motifs is 4. The van der Waals surface area contributed by atoms with Crippen molar-refractivity contribution in [2.45, 2.75) is 46.0 Å². The van der Waals surface area contributed by atoms with Crippen molar-refractivity contribution >= 4 is 91.2 Å². The Labute approximate surface area is 375 Å². The highest BCUT2D eigenvalue weighted by molar-refractivity contribution is 9.10. The van der Waals surface area contributed by atoms with Crippen LogP contribution < -0.4 is 20.9 Å². The van der Waals surface area contributed by atoms with Crippen molar-refractivity contribution in [3.05, 3.63) is 102 Å². The molecular formula is C42H37BrN16O2S2. The Morgan fingerprint density at radius 2 is 1.10 bits per heavy atom. The van der Waals surface area contributed by atoms with Crippen molar-refractivity contribution in [3.63, 3.8) is 0 Å². The van der Waals surface area contributed by atoms with Crippen molar-refractivity contribution in [3.8, 4) is 11.1 Å². The van der Waals surface area contributed by atoms with Gasteiger partial charge in [0.25, 0.3) is 0 Å². The molecule has 18 nitrogen and oxygen atoms in total. The molecule has 0 unspecified atom stereocenters. The van der Waals surface area contributed by atoms with E-state index in [-0.39, 0.29) is 23.7 Å². The fraction of sp³-hybridized carbons (Fsp3) is 0.238. The number of nitrogens with zero attached hydrogens (tertiary/aromatic N) is 13. The molecule has 0 atom stereocenters. The number of benzene rings is 1. The lowest BCUT2D eigenvalue weighted by Crippen LogP contribution is -2.43. The van der Waals surface area contributed by atoms with Crippen LogP contribution in [0.25, 0.3) is 33.7 Å². The second kappa shape index (κ2) is 16.7. The van der Waals surface area contributed by atoms with Crippen molar-refractivity contribution in [1.82, 2.24) is 63.7 Å². The summed E-state index contributed by atoms with van der Waals surface area (Å²) in [7, 11) is 0. The number of carbonyl (C=O) groups is 2. The maximum absolute atomic E-state index is 12.1. The van der Waals surface area contributed by atoms with Crippen LogP contribution in [0, 0.1) is 11.8 Å². The average molecular weight is 942 g/mol. The fourth-order valence-electron chi connectivity index (χ4n) is 7.10. The third-order valence-corrected chi connectivity index (χ3v) is 13.0. The third-order valence-electron chi connectivity index (χ3n) is 10.8. The van der Waals surface area contributed by atoms with Crippen LogP contribution in [0.5, 0.6) is 0 Å². The molecule has 1 aliphatic heterocycles. The minimum Gasteiger partial charge on any atom is -0.369 e. The Balaban J connectivity index is 0.000000150. The van der Waals surface area contributed by atoms with Crippen molar-refractivity contribution in [2.24, 2.45) is 11.8 Å². The van der Waals surface area contributed by atoms with Crippen LogP contribution in [0.1, 0.15) is 25.7 Å². The molecule has 0 spiro atoms. The Morgan fingerprint density at radius 3 is 1.65 bits per heavy atom. The number of carbonyl (C=O) groups excluding carboxylic acids is 2. The van der Waals surface area contributed by atoms with E-state index in [4.69, 9.17) is 0 Å². The highest BCUT2D eigenvalue weighted by atomic mass is 79.9. The van der Waals surface area contributed by atoms with E-state index in [0.29, 0.717) is 22.9 Å². The molecule has 63 heavy (non-hydrogen) atoms. The molecule has 0 bridgehead atoms. The molecule has 0 radical (unpaired) electrons. The quantitative estimate of drug-likeness (QED) is 0.137. The van der Waals surface area contributed by atoms with Gasteiger partial charge in [0.05, 0.1) is 12.4 Å². The molecule has 9 heterocycles. The van der Waals surface area contributed by atoms with Gasteiger partial charge in [-0.05, 0) is 137 Å². The predicted octanol–water partition coefficient (Wildman–Crippen LogP) is 6.38. The lowest BCUT2D eigenvalue weighted by molar-refractivity contribution is -0.118. The molecule has 3 aliphatic rings. The van der Waals surface area contributed by atoms with Crippen molar-refractivity contribution in [1.29, 1.82) is 0 Å². The first-order chi connectivity index (χ1) is 30.8. The van der Waals surface area contributed by atoms with Gasteiger partial charge in [-0.2, -0.15) is 10.2 Å². The summed E-state index contributed by atoms with van der Waals surface area (Å²) in [4.78, 5) is 35.2. The number of rotatable bonds is 10. The van der Waals surface area contributed by atoms with Crippen LogP contribution in [0.2, 0.25) is 0 Å². The SMILES string of the molecule is O=C(Nc1cn2nc(Sc3nnc4ccc(-c5ccc(N6CCNCC6)cc5)cn34)ccc2n1)C1CC1.O=C(Nc1cn2nc(Sc3nnc4ccc(Br)cn34)ccc2n1)C1CC1. The number of amides is 2. The Morgan fingerprint density at radius 1 is 0.587 bits per heavy atom. The molecule has 316 valence electrons. The zero-order valence-corrected chi connectivity index (χ0v) is 36.6. The molecule has 2 aliphatic carbocycles. The first kappa shape index (κ1) is 39.4. The molecule has 2 amide bonds. The van der Waals surface area contributed by atoms with Crippen LogP contribution in [0.4, 0.5) is 17.3 Å². The van der Waals surface area contributed by atoms with Crippen molar-refractivity contribution < 1.29 is 9.59 Å². The van der Waals surface area contributed by atoms with Crippen LogP contribution >= 0.6 is 39.5 Å². The normalized spacial score (nSPS) is 15.2. The largest absolute Gasteiger partial charge is 0.369 e. The van der Waals surface area contributed by atoms with Gasteiger partial charge in [0.1, 0.15) is 10.1 Å². The Bertz CT molecular complexity index is 3170. The van der Waals surface area contributed by atoms with E-state index < -0.39 is 0 Å². The maximum atomic E-state index is 12.1. The van der Waals surface area contributed by atoms with Gasteiger partial charge in [-0.1, -0.05) is 12.1 Å². The molecular weight excluding hydrogens is 905 g/mol. The summed E-state index contributed by atoms with van der Waals surface area (Å²) < 4.78 is 8.17. The predicted molar refractivity (Wildman–Crippen MR) is 241 cm³/mol. The Kier molecular flexibility index (Phi) is 10.4. The smallest absolute Gasteiger partial charge is 0.228 e. The van der Waals surface area contributed by atoms with Gasteiger partial charge in [0.2, 0.25) is 22.1 Å². The standard InChI is InChI=1S/C26H25N9OS.C16H12BrN7OS/c36-25(18-1-2-18)29-21-16-35-22(28-21)9-10-24(32-35)37-26-31-30-23-8-5-19(15-34(23)26)17-3-6-20(7-4-17)33-13-11-27-12-14-33;17-10-3-4-13-20-21-16(23(13)7-10)26-14-6-5-12-18-11(8-24(12)22-14)19-15(25)9-1-2-9/h3-10,15-16,18,27H,1-2,11-14H2,(H,29,36);3-9H,1-2H2,(H,19,25). The van der Waals surface area contributed by atoms with E-state index in [1.165, 1.54) is 29.2 Å². The van der Waals surface area contributed by atoms with Crippen LogP contribution in [0.15, 0.2) is 122 Å². The molecule has 3 fully saturated rings. The van der Waals surface area contributed by atoms with E-state index in [1.54, 1.807) is 21.4 Å². The minimum atomic E-state index is 0.0298. The number of nitrogens with one attached hydrogen (secondary N) is 3. The molecule has 3 N–H and O–H groups in total. The summed E-state index contributed by atoms with van der Waals surface area (Å²) in [5, 5.41) is 38.4. The molecule has 1 saturated heterocycles. The maximum Gasteiger partial charge on any atom is 0.228 e. The number of hydrogen-bond acceptors (Lipinski definition) is 14. The summed E-state index contributed by atoms with van der Waals surface area (Å²) in [5.41, 5.74) is 6.38. The number of halogens is 1. The summed E-state index contributed by atoms with van der Waals surface area (Å²) in [5.74, 6) is 1.37. The highest BCUT2D eigenvalue weighted by Gasteiger charge is 2.31. The van der Waals surface area contributed by atoms with E-state index in [9.17, 15) is 9.59 Å². The Hall–Kier alpha value is -6.42. The molecule has 21 heteroatoms. The van der Waals surface area contributed by atoms with Crippen LogP contribution in [-0.4, -0.2) is 96.4 Å². The van der Waals surface area contributed by atoms with E-state index in [2.05, 4.69) is 114 Å². The van der Waals surface area contributed by atoms with E-state index in [0.717, 1.165) is 99.1 Å². The zero-order valence-electron chi connectivity index (χ0n) is 33.4. The fourth-order valence-corrected chi connectivity index (χ4v) is 9.00. The van der Waals surface area contributed by atoms with Gasteiger partial charge in [0.15, 0.2) is 34.2 Å². The molecule has 9 aromatic rings. The number of imidazole rings is 2. The lowest BCUT2D eigenvalue weighted by Gasteiger charge is -2.29. The van der Waals surface area contributed by atoms with Gasteiger partial charge in [-0.15, -0.1) is 20.4 Å². The molecule has 1 aromatic carbocycles. The van der Waals surface area contributed by atoms with Crippen LogP contribution in [-0.2, 0) is 9.59 Å². The summed E-state index contributed by atoms with van der Waals surface area (Å²) in [6.45, 7) is 4.10. The number of pyridine rings is 2. The first-order valence-corrected chi connectivity index (χ1v) is 22.9. The van der Waals surface area contributed by atoms with Gasteiger partial charge >= 0.3 is 0 Å². The number of hydrogen-bond donors (Lipinski definition) is 3. The number of piperazine rings is 1. The average Bonchev–Trinajstić information content (AvgIpc) is 4.20.